The first-order valence-electron chi connectivity index (χ1n) is 8.66. The van der Waals surface area contributed by atoms with Gasteiger partial charge in [0.05, 0.1) is 5.56 Å². The first-order chi connectivity index (χ1) is 13.0. The SMILES string of the molecule is Cc1ccc(C)c(NC(=O)CCn2ccnc2-c2ccccc2C(=O)O)c1. The van der Waals surface area contributed by atoms with Gasteiger partial charge in [-0.25, -0.2) is 9.78 Å². The van der Waals surface area contributed by atoms with E-state index in [0.717, 1.165) is 16.8 Å². The van der Waals surface area contributed by atoms with Gasteiger partial charge in [-0.15, -0.1) is 0 Å². The summed E-state index contributed by atoms with van der Waals surface area (Å²) < 4.78 is 1.80. The van der Waals surface area contributed by atoms with Gasteiger partial charge >= 0.3 is 5.97 Å². The number of imidazole rings is 1. The van der Waals surface area contributed by atoms with Gasteiger partial charge in [0.1, 0.15) is 5.82 Å². The minimum absolute atomic E-state index is 0.102. The highest BCUT2D eigenvalue weighted by Gasteiger charge is 2.15. The van der Waals surface area contributed by atoms with Gasteiger partial charge < -0.3 is 15.0 Å². The molecule has 2 aromatic carbocycles. The Morgan fingerprint density at radius 2 is 1.93 bits per heavy atom. The van der Waals surface area contributed by atoms with Crippen LogP contribution in [0.3, 0.4) is 0 Å². The van der Waals surface area contributed by atoms with Gasteiger partial charge in [0.15, 0.2) is 0 Å². The predicted molar refractivity (Wildman–Crippen MR) is 104 cm³/mol. The fourth-order valence-electron chi connectivity index (χ4n) is 2.90. The van der Waals surface area contributed by atoms with Gasteiger partial charge in [-0.3, -0.25) is 4.79 Å². The van der Waals surface area contributed by atoms with Crippen molar-refractivity contribution in [2.45, 2.75) is 26.8 Å². The van der Waals surface area contributed by atoms with E-state index < -0.39 is 5.97 Å². The molecule has 6 nitrogen and oxygen atoms in total. The monoisotopic (exact) mass is 363 g/mol. The fraction of sp³-hybridized carbons (Fsp3) is 0.190. The smallest absolute Gasteiger partial charge is 0.336 e. The highest BCUT2D eigenvalue weighted by Crippen LogP contribution is 2.23. The van der Waals surface area contributed by atoms with E-state index in [0.29, 0.717) is 17.9 Å². The fourth-order valence-corrected chi connectivity index (χ4v) is 2.90. The van der Waals surface area contributed by atoms with Gasteiger partial charge in [0.2, 0.25) is 5.91 Å². The standard InChI is InChI=1S/C21H21N3O3/c1-14-7-8-15(2)18(13-14)23-19(25)9-11-24-12-10-22-20(24)16-5-3-4-6-17(16)21(26)27/h3-8,10,12-13H,9,11H2,1-2H3,(H,23,25)(H,26,27). The van der Waals surface area contributed by atoms with Crippen molar-refractivity contribution in [1.29, 1.82) is 0 Å². The molecule has 138 valence electrons. The third-order valence-corrected chi connectivity index (χ3v) is 4.36. The molecular formula is C21H21N3O3. The molecule has 0 aliphatic rings. The van der Waals surface area contributed by atoms with Crippen molar-refractivity contribution in [3.05, 3.63) is 71.5 Å². The van der Waals surface area contributed by atoms with Crippen molar-refractivity contribution in [1.82, 2.24) is 9.55 Å². The lowest BCUT2D eigenvalue weighted by Crippen LogP contribution is -2.15. The quantitative estimate of drug-likeness (QED) is 0.696. The zero-order chi connectivity index (χ0) is 19.4. The molecule has 1 aromatic heterocycles. The average Bonchev–Trinajstić information content (AvgIpc) is 3.11. The van der Waals surface area contributed by atoms with E-state index >= 15 is 0 Å². The number of anilines is 1. The van der Waals surface area contributed by atoms with E-state index in [2.05, 4.69) is 10.3 Å². The van der Waals surface area contributed by atoms with Crippen LogP contribution in [0.2, 0.25) is 0 Å². The van der Waals surface area contributed by atoms with E-state index in [4.69, 9.17) is 0 Å². The molecule has 0 unspecified atom stereocenters. The van der Waals surface area contributed by atoms with Crippen LogP contribution in [0.1, 0.15) is 27.9 Å². The van der Waals surface area contributed by atoms with E-state index in [-0.39, 0.29) is 17.9 Å². The molecule has 3 rings (SSSR count). The van der Waals surface area contributed by atoms with Crippen LogP contribution in [0.25, 0.3) is 11.4 Å². The summed E-state index contributed by atoms with van der Waals surface area (Å²) in [5, 5.41) is 12.3. The van der Waals surface area contributed by atoms with Crippen LogP contribution in [0.15, 0.2) is 54.9 Å². The zero-order valence-corrected chi connectivity index (χ0v) is 15.3. The second-order valence-electron chi connectivity index (χ2n) is 6.41. The zero-order valence-electron chi connectivity index (χ0n) is 15.3. The molecule has 27 heavy (non-hydrogen) atoms. The molecule has 0 atom stereocenters. The number of carbonyl (C=O) groups excluding carboxylic acids is 1. The minimum Gasteiger partial charge on any atom is -0.478 e. The Hall–Kier alpha value is -3.41. The first-order valence-corrected chi connectivity index (χ1v) is 8.66. The Labute approximate surface area is 157 Å². The highest BCUT2D eigenvalue weighted by molar-refractivity contribution is 5.95. The number of benzene rings is 2. The van der Waals surface area contributed by atoms with Crippen LogP contribution in [0, 0.1) is 13.8 Å². The molecule has 1 amide bonds. The van der Waals surface area contributed by atoms with Crippen molar-refractivity contribution >= 4 is 17.6 Å². The number of carbonyl (C=O) groups is 2. The third-order valence-electron chi connectivity index (χ3n) is 4.36. The third kappa shape index (κ3) is 4.23. The molecule has 1 heterocycles. The lowest BCUT2D eigenvalue weighted by atomic mass is 10.1. The van der Waals surface area contributed by atoms with Crippen molar-refractivity contribution in [3.8, 4) is 11.4 Å². The highest BCUT2D eigenvalue weighted by atomic mass is 16.4. The number of carboxylic acids is 1. The van der Waals surface area contributed by atoms with Crippen LogP contribution in [-0.4, -0.2) is 26.5 Å². The van der Waals surface area contributed by atoms with Crippen molar-refractivity contribution in [2.75, 3.05) is 5.32 Å². The number of aromatic nitrogens is 2. The number of aryl methyl sites for hydroxylation is 3. The maximum Gasteiger partial charge on any atom is 0.336 e. The van der Waals surface area contributed by atoms with Gasteiger partial charge in [-0.1, -0.05) is 30.3 Å². The lowest BCUT2D eigenvalue weighted by Gasteiger charge is -2.12. The van der Waals surface area contributed by atoms with Crippen LogP contribution in [-0.2, 0) is 11.3 Å². The molecule has 0 aliphatic carbocycles. The lowest BCUT2D eigenvalue weighted by molar-refractivity contribution is -0.116. The maximum absolute atomic E-state index is 12.4. The van der Waals surface area contributed by atoms with Crippen LogP contribution in [0.5, 0.6) is 0 Å². The van der Waals surface area contributed by atoms with Crippen molar-refractivity contribution in [3.63, 3.8) is 0 Å². The number of hydrogen-bond acceptors (Lipinski definition) is 3. The summed E-state index contributed by atoms with van der Waals surface area (Å²) in [5.74, 6) is -0.574. The predicted octanol–water partition coefficient (Wildman–Crippen LogP) is 3.89. The largest absolute Gasteiger partial charge is 0.478 e. The van der Waals surface area contributed by atoms with E-state index in [1.54, 1.807) is 41.2 Å². The summed E-state index contributed by atoms with van der Waals surface area (Å²) in [5.41, 5.74) is 3.61. The van der Waals surface area contributed by atoms with Crippen LogP contribution >= 0.6 is 0 Å². The van der Waals surface area contributed by atoms with E-state index in [1.807, 2.05) is 32.0 Å². The number of nitrogens with one attached hydrogen (secondary N) is 1. The Morgan fingerprint density at radius 1 is 1.15 bits per heavy atom. The summed E-state index contributed by atoms with van der Waals surface area (Å²) in [6.07, 6.45) is 3.61. The summed E-state index contributed by atoms with van der Waals surface area (Å²) >= 11 is 0. The molecule has 0 saturated heterocycles. The van der Waals surface area contributed by atoms with Crippen LogP contribution < -0.4 is 5.32 Å². The first kappa shape index (κ1) is 18.4. The number of rotatable bonds is 6. The number of amides is 1. The van der Waals surface area contributed by atoms with Gasteiger partial charge in [0.25, 0.3) is 0 Å². The number of carboxylic acid groups (broad SMARTS) is 1. The summed E-state index contributed by atoms with van der Waals surface area (Å²) in [6, 6.07) is 12.6. The molecule has 0 spiro atoms. The average molecular weight is 363 g/mol. The van der Waals surface area contributed by atoms with E-state index in [9.17, 15) is 14.7 Å². The van der Waals surface area contributed by atoms with E-state index in [1.165, 1.54) is 0 Å². The maximum atomic E-state index is 12.4. The Morgan fingerprint density at radius 3 is 2.70 bits per heavy atom. The molecule has 0 bridgehead atoms. The molecule has 0 saturated carbocycles. The van der Waals surface area contributed by atoms with Crippen LogP contribution in [0.4, 0.5) is 5.69 Å². The second-order valence-corrected chi connectivity index (χ2v) is 6.41. The normalized spacial score (nSPS) is 10.6. The van der Waals surface area contributed by atoms with Gasteiger partial charge in [0, 0.05) is 36.6 Å². The Balaban J connectivity index is 1.73. The molecule has 0 radical (unpaired) electrons. The Kier molecular flexibility index (Phi) is 5.35. The molecule has 6 heteroatoms. The molecular weight excluding hydrogens is 342 g/mol. The molecule has 3 aromatic rings. The summed E-state index contributed by atoms with van der Waals surface area (Å²) in [6.45, 7) is 4.33. The van der Waals surface area contributed by atoms with Crippen molar-refractivity contribution in [2.24, 2.45) is 0 Å². The molecule has 0 fully saturated rings. The minimum atomic E-state index is -1.01. The number of nitrogens with zero attached hydrogens (tertiary/aromatic N) is 2. The van der Waals surface area contributed by atoms with Gasteiger partial charge in [-0.2, -0.15) is 0 Å². The molecule has 2 N–H and O–H groups in total. The Bertz CT molecular complexity index is 992. The summed E-state index contributed by atoms with van der Waals surface area (Å²) in [4.78, 5) is 28.1. The van der Waals surface area contributed by atoms with Gasteiger partial charge in [-0.05, 0) is 37.1 Å². The van der Waals surface area contributed by atoms with Crippen molar-refractivity contribution < 1.29 is 14.7 Å². The second kappa shape index (κ2) is 7.86. The summed E-state index contributed by atoms with van der Waals surface area (Å²) in [7, 11) is 0. The number of aromatic carboxylic acids is 1. The molecule has 0 aliphatic heterocycles. The topological polar surface area (TPSA) is 84.2 Å². The number of hydrogen-bond donors (Lipinski definition) is 2.